The van der Waals surface area contributed by atoms with Crippen molar-refractivity contribution in [3.63, 3.8) is 0 Å². The highest BCUT2D eigenvalue weighted by Crippen LogP contribution is 2.53. The predicted molar refractivity (Wildman–Crippen MR) is 280 cm³/mol. The molecule has 3 aliphatic carbocycles. The van der Waals surface area contributed by atoms with Gasteiger partial charge in [0.2, 0.25) is 29.5 Å². The molecule has 386 valence electrons. The third-order valence-electron chi connectivity index (χ3n) is 18.5. The fraction of sp³-hybridized carbons (Fsp3) is 0.614. The number of carbonyl (C=O) groups is 5. The molecule has 8 aliphatic rings. The van der Waals surface area contributed by atoms with Gasteiger partial charge in [0.25, 0.3) is 0 Å². The molecule has 3 N–H and O–H groups in total. The average Bonchev–Trinajstić information content (AvgIpc) is 4.06. The number of likely N-dealkylation sites (tertiary alicyclic amines) is 3. The van der Waals surface area contributed by atoms with Crippen LogP contribution >= 0.6 is 0 Å². The predicted octanol–water partition coefficient (Wildman–Crippen LogP) is 7.69. The fourth-order valence-electron chi connectivity index (χ4n) is 13.6. The third kappa shape index (κ3) is 8.96. The van der Waals surface area contributed by atoms with Crippen molar-refractivity contribution in [3.05, 3.63) is 60.0 Å². The van der Waals surface area contributed by atoms with Crippen LogP contribution < -0.4 is 20.9 Å². The zero-order valence-electron chi connectivity index (χ0n) is 43.0. The van der Waals surface area contributed by atoms with Crippen LogP contribution in [0.25, 0.3) is 22.3 Å². The molecule has 16 heteroatoms. The quantitative estimate of drug-likeness (QED) is 0.126. The molecule has 16 nitrogen and oxygen atoms in total. The molecule has 3 aromatic heterocycles. The van der Waals surface area contributed by atoms with Gasteiger partial charge in [-0.3, -0.25) is 29.3 Å². The summed E-state index contributed by atoms with van der Waals surface area (Å²) in [5.74, 6) is 1.28. The first-order valence-electron chi connectivity index (χ1n) is 27.9. The summed E-state index contributed by atoms with van der Waals surface area (Å²) < 4.78 is 2.20. The Morgan fingerprint density at radius 2 is 1.48 bits per heavy atom. The van der Waals surface area contributed by atoms with Crippen molar-refractivity contribution in [1.82, 2.24) is 39.5 Å². The molecule has 5 amide bonds. The van der Waals surface area contributed by atoms with Crippen LogP contribution in [0.1, 0.15) is 153 Å². The molecule has 3 saturated carbocycles. The normalized spacial score (nSPS) is 27.3. The molecular formula is C57H73N11O5. The number of imidazole rings is 1. The molecule has 1 atom stereocenters. The molecular weight excluding hydrogens is 919 g/mol. The number of aromatic nitrogens is 4. The standard InChI is InChI=1S/C57H73N11O5/c1-35(2)67-34-59-46-32-45(62-51(50(46)67)61-40-13-14-40)37-9-16-44-47(29-37)68(42-30-41(31-42)64-23-5-4-6-24-64)55(73)57(44)21-27-66(28-22-57)54(72)56(3)19-25-65(26-20-56)53(71)36-7-11-39(12-8-36)60-48-17-10-38(33-58-48)43-15-18-49(69)63-52(43)70/h9-10,16-17,29,32-36,39-43H,4-8,11-15,18-28,30-31H2,1-3H3,(H,58,60)(H,61,62)(H,63,69,70)/t36-,39-,41-,42+,43?. The van der Waals surface area contributed by atoms with E-state index in [0.29, 0.717) is 76.8 Å². The van der Waals surface area contributed by atoms with Crippen molar-refractivity contribution in [2.75, 3.05) is 54.8 Å². The molecule has 8 heterocycles. The molecule has 7 fully saturated rings. The van der Waals surface area contributed by atoms with Gasteiger partial charge >= 0.3 is 0 Å². The Hall–Kier alpha value is -5.90. The number of piperidine rings is 4. The molecule has 4 saturated heterocycles. The van der Waals surface area contributed by atoms with E-state index in [9.17, 15) is 19.2 Å². The van der Waals surface area contributed by atoms with E-state index in [2.05, 4.69) is 80.3 Å². The van der Waals surface area contributed by atoms with E-state index in [-0.39, 0.29) is 59.5 Å². The Kier molecular flexibility index (Phi) is 12.6. The molecule has 1 aromatic carbocycles. The molecule has 1 spiro atoms. The van der Waals surface area contributed by atoms with Crippen molar-refractivity contribution < 1.29 is 24.0 Å². The molecule has 73 heavy (non-hydrogen) atoms. The van der Waals surface area contributed by atoms with Crippen LogP contribution in [-0.4, -0.2) is 127 Å². The maximum atomic E-state index is 15.3. The summed E-state index contributed by atoms with van der Waals surface area (Å²) in [6.07, 6.45) is 18.3. The number of nitrogens with one attached hydrogen (secondary N) is 3. The summed E-state index contributed by atoms with van der Waals surface area (Å²) in [6.45, 7) is 10.9. The first kappa shape index (κ1) is 48.1. The van der Waals surface area contributed by atoms with Gasteiger partial charge in [0.05, 0.1) is 28.9 Å². The number of benzene rings is 1. The molecule has 5 aliphatic heterocycles. The van der Waals surface area contributed by atoms with Gasteiger partial charge in [-0.1, -0.05) is 31.5 Å². The summed E-state index contributed by atoms with van der Waals surface area (Å²) in [6, 6.07) is 14.0. The van der Waals surface area contributed by atoms with E-state index in [1.54, 1.807) is 6.20 Å². The van der Waals surface area contributed by atoms with Gasteiger partial charge in [-0.15, -0.1) is 0 Å². The van der Waals surface area contributed by atoms with E-state index in [4.69, 9.17) is 9.97 Å². The monoisotopic (exact) mass is 992 g/mol. The second-order valence-electron chi connectivity index (χ2n) is 23.6. The van der Waals surface area contributed by atoms with Crippen molar-refractivity contribution in [2.24, 2.45) is 11.3 Å². The number of nitrogens with zero attached hydrogens (tertiary/aromatic N) is 8. The number of rotatable bonds is 11. The summed E-state index contributed by atoms with van der Waals surface area (Å²) in [5.41, 5.74) is 5.46. The maximum Gasteiger partial charge on any atom is 0.238 e. The number of imide groups is 1. The highest BCUT2D eigenvalue weighted by Gasteiger charge is 2.56. The van der Waals surface area contributed by atoms with E-state index in [1.807, 2.05) is 28.3 Å². The highest BCUT2D eigenvalue weighted by atomic mass is 16.2. The molecule has 4 aromatic rings. The average molecular weight is 992 g/mol. The van der Waals surface area contributed by atoms with Crippen LogP contribution in [0.15, 0.2) is 48.9 Å². The Labute approximate surface area is 428 Å². The number of hydrogen-bond donors (Lipinski definition) is 3. The van der Waals surface area contributed by atoms with Gasteiger partial charge in [0.15, 0.2) is 5.82 Å². The fourth-order valence-corrected chi connectivity index (χ4v) is 13.6. The lowest BCUT2D eigenvalue weighted by Crippen LogP contribution is -2.59. The van der Waals surface area contributed by atoms with E-state index < -0.39 is 10.8 Å². The second-order valence-corrected chi connectivity index (χ2v) is 23.6. The van der Waals surface area contributed by atoms with Gasteiger partial charge in [0.1, 0.15) is 11.3 Å². The summed E-state index contributed by atoms with van der Waals surface area (Å²) in [7, 11) is 0. The summed E-state index contributed by atoms with van der Waals surface area (Å²) in [5, 5.41) is 9.66. The number of amides is 5. The second kappa shape index (κ2) is 19.1. The van der Waals surface area contributed by atoms with Gasteiger partial charge in [0, 0.05) is 91.6 Å². The Bertz CT molecular complexity index is 2790. The van der Waals surface area contributed by atoms with Gasteiger partial charge in [-0.05, 0) is 153 Å². The van der Waals surface area contributed by atoms with E-state index in [0.717, 1.165) is 115 Å². The van der Waals surface area contributed by atoms with Crippen LogP contribution in [0.2, 0.25) is 0 Å². The van der Waals surface area contributed by atoms with Crippen LogP contribution in [-0.2, 0) is 29.4 Å². The topological polar surface area (TPSA) is 178 Å². The Morgan fingerprint density at radius 1 is 0.767 bits per heavy atom. The third-order valence-corrected chi connectivity index (χ3v) is 18.5. The number of hydrogen-bond acceptors (Lipinski definition) is 11. The van der Waals surface area contributed by atoms with E-state index in [1.165, 1.54) is 19.3 Å². The van der Waals surface area contributed by atoms with Crippen molar-refractivity contribution in [1.29, 1.82) is 0 Å². The number of pyridine rings is 2. The van der Waals surface area contributed by atoms with Crippen molar-refractivity contribution >= 4 is 57.9 Å². The van der Waals surface area contributed by atoms with E-state index >= 15 is 4.79 Å². The molecule has 0 bridgehead atoms. The SMILES string of the molecule is CC(C)n1cnc2cc(-c3ccc4c(c3)N([C@H]3C[C@@H](N5CCCCC5)C3)C(=O)C43CCN(C(=O)C4(C)CCN(C(=O)[C@H]5CC[C@H](Nc6ccc(C7CCC(=O)NC7=O)cn6)CC5)CC4)CC3)nc(NC3CC3)c21. The summed E-state index contributed by atoms with van der Waals surface area (Å²) in [4.78, 5) is 91.3. The minimum atomic E-state index is -0.684. The van der Waals surface area contributed by atoms with Crippen molar-refractivity contribution in [3.8, 4) is 11.3 Å². The zero-order valence-corrected chi connectivity index (χ0v) is 43.0. The van der Waals surface area contributed by atoms with Crippen molar-refractivity contribution in [2.45, 2.75) is 171 Å². The smallest absolute Gasteiger partial charge is 0.238 e. The lowest BCUT2D eigenvalue weighted by atomic mass is 9.72. The van der Waals surface area contributed by atoms with Gasteiger partial charge in [-0.25, -0.2) is 15.0 Å². The molecule has 12 rings (SSSR count). The van der Waals surface area contributed by atoms with Crippen LogP contribution in [0.3, 0.4) is 0 Å². The van der Waals surface area contributed by atoms with Crippen LogP contribution in [0.5, 0.6) is 0 Å². The van der Waals surface area contributed by atoms with Crippen LogP contribution in [0.4, 0.5) is 17.3 Å². The first-order chi connectivity index (χ1) is 35.3. The summed E-state index contributed by atoms with van der Waals surface area (Å²) >= 11 is 0. The lowest BCUT2D eigenvalue weighted by Gasteiger charge is -2.48. The minimum Gasteiger partial charge on any atom is -0.367 e. The van der Waals surface area contributed by atoms with Gasteiger partial charge in [-0.2, -0.15) is 0 Å². The number of fused-ring (bicyclic) bond motifs is 3. The van der Waals surface area contributed by atoms with Crippen LogP contribution in [0, 0.1) is 11.3 Å². The largest absolute Gasteiger partial charge is 0.367 e. The zero-order chi connectivity index (χ0) is 50.2. The molecule has 0 radical (unpaired) electrons. The Balaban J connectivity index is 0.691. The Morgan fingerprint density at radius 3 is 2.16 bits per heavy atom. The maximum absolute atomic E-state index is 15.3. The highest BCUT2D eigenvalue weighted by molar-refractivity contribution is 6.09. The minimum absolute atomic E-state index is 0.0337. The first-order valence-corrected chi connectivity index (χ1v) is 27.9. The molecule has 1 unspecified atom stereocenters. The number of anilines is 3. The van der Waals surface area contributed by atoms with Gasteiger partial charge < -0.3 is 34.8 Å². The number of carbonyl (C=O) groups excluding carboxylic acids is 5. The lowest BCUT2D eigenvalue weighted by molar-refractivity contribution is -0.150.